The van der Waals surface area contributed by atoms with Gasteiger partial charge < -0.3 is 10.6 Å². The van der Waals surface area contributed by atoms with E-state index in [1.807, 2.05) is 30.0 Å². The predicted octanol–water partition coefficient (Wildman–Crippen LogP) is 1.26. The van der Waals surface area contributed by atoms with Gasteiger partial charge in [-0.25, -0.2) is 0 Å². The van der Waals surface area contributed by atoms with Crippen LogP contribution in [0.1, 0.15) is 5.56 Å². The molecule has 2 N–H and O–H groups in total. The first-order valence-electron chi connectivity index (χ1n) is 6.11. The third-order valence-electron chi connectivity index (χ3n) is 3.21. The van der Waals surface area contributed by atoms with E-state index in [9.17, 15) is 4.79 Å². The van der Waals surface area contributed by atoms with Gasteiger partial charge in [0.1, 0.15) is 0 Å². The number of halogens is 1. The molecule has 2 rings (SSSR count). The van der Waals surface area contributed by atoms with E-state index in [1.54, 1.807) is 0 Å². The number of aryl methyl sites for hydroxylation is 1. The Morgan fingerprint density at radius 1 is 1.39 bits per heavy atom. The van der Waals surface area contributed by atoms with Crippen LogP contribution in [-0.2, 0) is 4.79 Å². The summed E-state index contributed by atoms with van der Waals surface area (Å²) in [5.74, 6) is 0.111. The summed E-state index contributed by atoms with van der Waals surface area (Å²) in [5, 5.41) is 0.660. The van der Waals surface area contributed by atoms with E-state index in [0.29, 0.717) is 24.7 Å². The minimum absolute atomic E-state index is 0.111. The van der Waals surface area contributed by atoms with Gasteiger partial charge in [0.05, 0.1) is 6.54 Å². The second-order valence-corrected chi connectivity index (χ2v) is 4.98. The zero-order chi connectivity index (χ0) is 13.1. The molecule has 0 spiro atoms. The molecule has 0 unspecified atom stereocenters. The van der Waals surface area contributed by atoms with E-state index < -0.39 is 0 Å². The van der Waals surface area contributed by atoms with Gasteiger partial charge in [0.15, 0.2) is 0 Å². The molecule has 1 heterocycles. The maximum absolute atomic E-state index is 12.1. The van der Waals surface area contributed by atoms with Crippen molar-refractivity contribution < 1.29 is 4.79 Å². The standard InChI is InChI=1S/C13H18ClN3O/c1-10-2-3-11(14)8-12(10)17-7-6-16(5-4-15)9-13(17)18/h2-3,8H,4-7,9,15H2,1H3. The summed E-state index contributed by atoms with van der Waals surface area (Å²) in [6.45, 7) is 5.33. The van der Waals surface area contributed by atoms with Crippen LogP contribution < -0.4 is 10.6 Å². The largest absolute Gasteiger partial charge is 0.329 e. The number of rotatable bonds is 3. The maximum Gasteiger partial charge on any atom is 0.241 e. The molecule has 0 bridgehead atoms. The highest BCUT2D eigenvalue weighted by molar-refractivity contribution is 6.31. The topological polar surface area (TPSA) is 49.6 Å². The van der Waals surface area contributed by atoms with Crippen LogP contribution in [0.15, 0.2) is 18.2 Å². The molecule has 0 saturated carbocycles. The highest BCUT2D eigenvalue weighted by atomic mass is 35.5. The van der Waals surface area contributed by atoms with Crippen molar-refractivity contribution in [2.24, 2.45) is 5.73 Å². The van der Waals surface area contributed by atoms with Gasteiger partial charge in [0.2, 0.25) is 5.91 Å². The number of hydrogen-bond donors (Lipinski definition) is 1. The van der Waals surface area contributed by atoms with E-state index in [2.05, 4.69) is 4.90 Å². The minimum Gasteiger partial charge on any atom is -0.329 e. The van der Waals surface area contributed by atoms with Gasteiger partial charge in [0.25, 0.3) is 0 Å². The maximum atomic E-state index is 12.1. The summed E-state index contributed by atoms with van der Waals surface area (Å²) in [6, 6.07) is 5.64. The van der Waals surface area contributed by atoms with Crippen LogP contribution in [0.3, 0.4) is 0 Å². The summed E-state index contributed by atoms with van der Waals surface area (Å²) >= 11 is 6.00. The molecular weight excluding hydrogens is 250 g/mol. The van der Waals surface area contributed by atoms with E-state index in [-0.39, 0.29) is 5.91 Å². The SMILES string of the molecule is Cc1ccc(Cl)cc1N1CCN(CCN)CC1=O. The van der Waals surface area contributed by atoms with Crippen LogP contribution in [0.5, 0.6) is 0 Å². The van der Waals surface area contributed by atoms with Crippen molar-refractivity contribution in [2.45, 2.75) is 6.92 Å². The van der Waals surface area contributed by atoms with Crippen molar-refractivity contribution in [1.29, 1.82) is 0 Å². The second kappa shape index (κ2) is 5.69. The van der Waals surface area contributed by atoms with E-state index in [1.165, 1.54) is 0 Å². The predicted molar refractivity (Wildman–Crippen MR) is 74.0 cm³/mol. The minimum atomic E-state index is 0.111. The normalized spacial score (nSPS) is 17.3. The fraction of sp³-hybridized carbons (Fsp3) is 0.462. The molecule has 1 fully saturated rings. The Balaban J connectivity index is 2.15. The number of amides is 1. The lowest BCUT2D eigenvalue weighted by Crippen LogP contribution is -2.51. The Hall–Kier alpha value is -1.10. The van der Waals surface area contributed by atoms with E-state index >= 15 is 0 Å². The molecule has 18 heavy (non-hydrogen) atoms. The van der Waals surface area contributed by atoms with Gasteiger partial charge in [-0.1, -0.05) is 17.7 Å². The molecule has 0 atom stereocenters. The van der Waals surface area contributed by atoms with E-state index in [4.69, 9.17) is 17.3 Å². The highest BCUT2D eigenvalue weighted by Crippen LogP contribution is 2.25. The monoisotopic (exact) mass is 267 g/mol. The highest BCUT2D eigenvalue weighted by Gasteiger charge is 2.25. The molecule has 1 aromatic rings. The number of nitrogens with zero attached hydrogens (tertiary/aromatic N) is 2. The molecule has 0 radical (unpaired) electrons. The lowest BCUT2D eigenvalue weighted by Gasteiger charge is -2.34. The molecule has 1 amide bonds. The van der Waals surface area contributed by atoms with Gasteiger partial charge in [-0.2, -0.15) is 0 Å². The molecule has 1 aromatic carbocycles. The van der Waals surface area contributed by atoms with Crippen LogP contribution in [0.25, 0.3) is 0 Å². The molecule has 0 aliphatic carbocycles. The first-order valence-corrected chi connectivity index (χ1v) is 6.48. The summed E-state index contributed by atoms with van der Waals surface area (Å²) in [6.07, 6.45) is 0. The first kappa shape index (κ1) is 13.3. The summed E-state index contributed by atoms with van der Waals surface area (Å²) in [5.41, 5.74) is 7.50. The van der Waals surface area contributed by atoms with Gasteiger partial charge >= 0.3 is 0 Å². The molecule has 0 aromatic heterocycles. The van der Waals surface area contributed by atoms with Crippen molar-refractivity contribution in [1.82, 2.24) is 4.90 Å². The third-order valence-corrected chi connectivity index (χ3v) is 3.44. The van der Waals surface area contributed by atoms with Gasteiger partial charge in [-0.3, -0.25) is 9.69 Å². The molecule has 98 valence electrons. The van der Waals surface area contributed by atoms with Crippen LogP contribution in [0.4, 0.5) is 5.69 Å². The van der Waals surface area contributed by atoms with Crippen LogP contribution in [0, 0.1) is 6.92 Å². The fourth-order valence-electron chi connectivity index (χ4n) is 2.22. The number of nitrogens with two attached hydrogens (primary N) is 1. The van der Waals surface area contributed by atoms with Gasteiger partial charge in [-0.05, 0) is 24.6 Å². The number of benzene rings is 1. The number of anilines is 1. The molecule has 1 saturated heterocycles. The lowest BCUT2D eigenvalue weighted by molar-refractivity contribution is -0.121. The zero-order valence-electron chi connectivity index (χ0n) is 10.5. The Bertz CT molecular complexity index is 450. The average molecular weight is 268 g/mol. The number of hydrogen-bond acceptors (Lipinski definition) is 3. The smallest absolute Gasteiger partial charge is 0.241 e. The average Bonchev–Trinajstić information content (AvgIpc) is 2.33. The zero-order valence-corrected chi connectivity index (χ0v) is 11.3. The fourth-order valence-corrected chi connectivity index (χ4v) is 2.39. The van der Waals surface area contributed by atoms with E-state index in [0.717, 1.165) is 24.3 Å². The quantitative estimate of drug-likeness (QED) is 0.897. The van der Waals surface area contributed by atoms with Crippen molar-refractivity contribution in [3.63, 3.8) is 0 Å². The summed E-state index contributed by atoms with van der Waals surface area (Å²) < 4.78 is 0. The molecule has 1 aliphatic heterocycles. The van der Waals surface area contributed by atoms with Crippen LogP contribution >= 0.6 is 11.6 Å². The van der Waals surface area contributed by atoms with Crippen LogP contribution in [0.2, 0.25) is 5.02 Å². The van der Waals surface area contributed by atoms with Crippen molar-refractivity contribution in [3.8, 4) is 0 Å². The third kappa shape index (κ3) is 2.83. The Morgan fingerprint density at radius 3 is 2.83 bits per heavy atom. The van der Waals surface area contributed by atoms with Crippen molar-refractivity contribution >= 4 is 23.2 Å². The molecule has 4 nitrogen and oxygen atoms in total. The number of carbonyl (C=O) groups excluding carboxylic acids is 1. The molecule has 5 heteroatoms. The van der Waals surface area contributed by atoms with Crippen molar-refractivity contribution in [2.75, 3.05) is 37.6 Å². The lowest BCUT2D eigenvalue weighted by atomic mass is 10.1. The van der Waals surface area contributed by atoms with Crippen molar-refractivity contribution in [3.05, 3.63) is 28.8 Å². The summed E-state index contributed by atoms with van der Waals surface area (Å²) in [7, 11) is 0. The van der Waals surface area contributed by atoms with Gasteiger partial charge in [-0.15, -0.1) is 0 Å². The Labute approximate surface area is 112 Å². The Kier molecular flexibility index (Phi) is 4.22. The van der Waals surface area contributed by atoms with Gasteiger partial charge in [0, 0.05) is 36.9 Å². The van der Waals surface area contributed by atoms with Crippen LogP contribution in [-0.4, -0.2) is 43.5 Å². The number of carbonyl (C=O) groups is 1. The number of piperazine rings is 1. The first-order chi connectivity index (χ1) is 8.61. The second-order valence-electron chi connectivity index (χ2n) is 4.54. The molecular formula is C13H18ClN3O. The Morgan fingerprint density at radius 2 is 2.17 bits per heavy atom. The summed E-state index contributed by atoms with van der Waals surface area (Å²) in [4.78, 5) is 16.0. The molecule has 1 aliphatic rings.